The maximum atomic E-state index is 10.5. The van der Waals surface area contributed by atoms with Gasteiger partial charge in [-0.25, -0.2) is 0 Å². The van der Waals surface area contributed by atoms with Crippen molar-refractivity contribution in [3.05, 3.63) is 37.4 Å². The van der Waals surface area contributed by atoms with Crippen LogP contribution in [0.5, 0.6) is 0 Å². The van der Waals surface area contributed by atoms with Gasteiger partial charge in [0.25, 0.3) is 5.69 Å². The Morgan fingerprint density at radius 1 is 1.31 bits per heavy atom. The number of benzene rings is 1. The van der Waals surface area contributed by atoms with E-state index in [1.807, 2.05) is 0 Å². The van der Waals surface area contributed by atoms with Crippen molar-refractivity contribution in [1.82, 2.24) is 0 Å². The fourth-order valence-corrected chi connectivity index (χ4v) is 1.46. The molecule has 0 aliphatic rings. The summed E-state index contributed by atoms with van der Waals surface area (Å²) in [5.74, 6) is 0. The standard InChI is InChI=1S/C8H7Cl2NO2/c1-4-3-6(11(12)13)8(10)5(2)7(4)9/h3H,1-2H3. The van der Waals surface area contributed by atoms with E-state index in [1.165, 1.54) is 6.07 Å². The van der Waals surface area contributed by atoms with Gasteiger partial charge in [-0.3, -0.25) is 10.1 Å². The molecule has 1 aromatic carbocycles. The lowest BCUT2D eigenvalue weighted by molar-refractivity contribution is -0.384. The van der Waals surface area contributed by atoms with Crippen molar-refractivity contribution in [1.29, 1.82) is 0 Å². The van der Waals surface area contributed by atoms with Crippen molar-refractivity contribution in [2.45, 2.75) is 13.8 Å². The van der Waals surface area contributed by atoms with Crippen LogP contribution in [0.4, 0.5) is 5.69 Å². The summed E-state index contributed by atoms with van der Waals surface area (Å²) in [5.41, 5.74) is 1.12. The number of nitro groups is 1. The molecule has 3 nitrogen and oxygen atoms in total. The third kappa shape index (κ3) is 1.76. The summed E-state index contributed by atoms with van der Waals surface area (Å²) in [6.45, 7) is 3.36. The number of rotatable bonds is 1. The van der Waals surface area contributed by atoms with E-state index < -0.39 is 4.92 Å². The highest BCUT2D eigenvalue weighted by Gasteiger charge is 2.17. The number of hydrogen-bond donors (Lipinski definition) is 0. The number of aryl methyl sites for hydroxylation is 1. The Morgan fingerprint density at radius 2 is 1.85 bits per heavy atom. The van der Waals surface area contributed by atoms with Crippen LogP contribution in [0.2, 0.25) is 10.0 Å². The molecule has 0 heterocycles. The molecule has 0 saturated carbocycles. The predicted molar refractivity (Wildman–Crippen MR) is 52.6 cm³/mol. The van der Waals surface area contributed by atoms with E-state index in [9.17, 15) is 10.1 Å². The first kappa shape index (κ1) is 10.3. The Bertz CT molecular complexity index is 377. The molecule has 70 valence electrons. The van der Waals surface area contributed by atoms with Crippen LogP contribution in [0.15, 0.2) is 6.07 Å². The van der Waals surface area contributed by atoms with Gasteiger partial charge >= 0.3 is 0 Å². The van der Waals surface area contributed by atoms with Crippen LogP contribution in [-0.2, 0) is 0 Å². The molecule has 0 fully saturated rings. The zero-order valence-corrected chi connectivity index (χ0v) is 8.61. The van der Waals surface area contributed by atoms with Gasteiger partial charge in [-0.05, 0) is 25.0 Å². The van der Waals surface area contributed by atoms with Crippen molar-refractivity contribution < 1.29 is 4.92 Å². The van der Waals surface area contributed by atoms with E-state index in [4.69, 9.17) is 23.2 Å². The SMILES string of the molecule is Cc1cc([N+](=O)[O-])c(Cl)c(C)c1Cl. The molecular weight excluding hydrogens is 213 g/mol. The van der Waals surface area contributed by atoms with E-state index in [0.29, 0.717) is 16.1 Å². The Labute approximate surface area is 85.4 Å². The molecule has 13 heavy (non-hydrogen) atoms. The monoisotopic (exact) mass is 219 g/mol. The average molecular weight is 220 g/mol. The number of nitro benzene ring substituents is 1. The smallest absolute Gasteiger partial charge is 0.258 e. The molecule has 0 aliphatic carbocycles. The van der Waals surface area contributed by atoms with Gasteiger partial charge in [0.15, 0.2) is 0 Å². The minimum absolute atomic E-state index is 0.0962. The summed E-state index contributed by atoms with van der Waals surface area (Å²) in [4.78, 5) is 10.0. The van der Waals surface area contributed by atoms with Gasteiger partial charge in [0.05, 0.1) is 4.92 Å². The van der Waals surface area contributed by atoms with Crippen LogP contribution < -0.4 is 0 Å². The van der Waals surface area contributed by atoms with Crippen LogP contribution in [-0.4, -0.2) is 4.92 Å². The largest absolute Gasteiger partial charge is 0.288 e. The number of nitrogens with zero attached hydrogens (tertiary/aromatic N) is 1. The van der Waals surface area contributed by atoms with E-state index in [0.717, 1.165) is 0 Å². The first-order valence-corrected chi connectivity index (χ1v) is 4.30. The second kappa shape index (κ2) is 3.52. The Morgan fingerprint density at radius 3 is 2.31 bits per heavy atom. The Hall–Kier alpha value is -0.800. The van der Waals surface area contributed by atoms with Gasteiger partial charge in [0.2, 0.25) is 0 Å². The molecule has 0 N–H and O–H groups in total. The van der Waals surface area contributed by atoms with Gasteiger partial charge in [0, 0.05) is 11.1 Å². The molecule has 0 radical (unpaired) electrons. The number of halogens is 2. The Balaban J connectivity index is 3.50. The summed E-state index contributed by atoms with van der Waals surface area (Å²) in [6, 6.07) is 1.37. The third-order valence-electron chi connectivity index (χ3n) is 1.78. The van der Waals surface area contributed by atoms with E-state index >= 15 is 0 Å². The highest BCUT2D eigenvalue weighted by atomic mass is 35.5. The van der Waals surface area contributed by atoms with Gasteiger partial charge in [0.1, 0.15) is 5.02 Å². The molecule has 0 unspecified atom stereocenters. The van der Waals surface area contributed by atoms with Crippen molar-refractivity contribution in [2.24, 2.45) is 0 Å². The van der Waals surface area contributed by atoms with Gasteiger partial charge in [-0.15, -0.1) is 0 Å². The minimum Gasteiger partial charge on any atom is -0.258 e. The topological polar surface area (TPSA) is 43.1 Å². The van der Waals surface area contributed by atoms with E-state index in [-0.39, 0.29) is 10.7 Å². The van der Waals surface area contributed by atoms with Crippen molar-refractivity contribution in [3.63, 3.8) is 0 Å². The molecule has 1 rings (SSSR count). The summed E-state index contributed by atoms with van der Waals surface area (Å²) in [5, 5.41) is 11.1. The summed E-state index contributed by atoms with van der Waals surface area (Å²) in [6.07, 6.45) is 0. The lowest BCUT2D eigenvalue weighted by Gasteiger charge is -2.04. The third-order valence-corrected chi connectivity index (χ3v) is 2.84. The van der Waals surface area contributed by atoms with Gasteiger partial charge in [-0.1, -0.05) is 23.2 Å². The first-order chi connectivity index (χ1) is 5.95. The molecule has 0 amide bonds. The molecule has 0 bridgehead atoms. The number of hydrogen-bond acceptors (Lipinski definition) is 2. The van der Waals surface area contributed by atoms with Crippen LogP contribution in [0.3, 0.4) is 0 Å². The lowest BCUT2D eigenvalue weighted by atomic mass is 10.1. The maximum absolute atomic E-state index is 10.5. The second-order valence-corrected chi connectivity index (χ2v) is 3.48. The minimum atomic E-state index is -0.515. The summed E-state index contributed by atoms with van der Waals surface area (Å²) >= 11 is 11.6. The fourth-order valence-electron chi connectivity index (χ4n) is 1.05. The quantitative estimate of drug-likeness (QED) is 0.536. The van der Waals surface area contributed by atoms with Gasteiger partial charge in [-0.2, -0.15) is 0 Å². The van der Waals surface area contributed by atoms with Crippen LogP contribution in [0, 0.1) is 24.0 Å². The Kier molecular flexibility index (Phi) is 2.78. The molecule has 0 saturated heterocycles. The highest BCUT2D eigenvalue weighted by molar-refractivity contribution is 6.37. The molecule has 0 atom stereocenters. The van der Waals surface area contributed by atoms with Crippen LogP contribution in [0.1, 0.15) is 11.1 Å². The molecule has 0 spiro atoms. The van der Waals surface area contributed by atoms with Crippen LogP contribution in [0.25, 0.3) is 0 Å². The average Bonchev–Trinajstić information content (AvgIpc) is 2.07. The lowest BCUT2D eigenvalue weighted by Crippen LogP contribution is -1.93. The van der Waals surface area contributed by atoms with Crippen molar-refractivity contribution in [3.8, 4) is 0 Å². The molecule has 0 aromatic heterocycles. The normalized spacial score (nSPS) is 10.2. The molecule has 5 heteroatoms. The molecule has 1 aromatic rings. The summed E-state index contributed by atoms with van der Waals surface area (Å²) in [7, 11) is 0. The zero-order valence-electron chi connectivity index (χ0n) is 7.10. The van der Waals surface area contributed by atoms with Crippen molar-refractivity contribution >= 4 is 28.9 Å². The highest BCUT2D eigenvalue weighted by Crippen LogP contribution is 2.34. The van der Waals surface area contributed by atoms with E-state index in [1.54, 1.807) is 13.8 Å². The molecule has 0 aliphatic heterocycles. The van der Waals surface area contributed by atoms with E-state index in [2.05, 4.69) is 0 Å². The maximum Gasteiger partial charge on any atom is 0.288 e. The van der Waals surface area contributed by atoms with Crippen LogP contribution >= 0.6 is 23.2 Å². The predicted octanol–water partition coefficient (Wildman–Crippen LogP) is 3.52. The van der Waals surface area contributed by atoms with Gasteiger partial charge < -0.3 is 0 Å². The van der Waals surface area contributed by atoms with Crippen molar-refractivity contribution in [2.75, 3.05) is 0 Å². The summed E-state index contributed by atoms with van der Waals surface area (Å²) < 4.78 is 0. The second-order valence-electron chi connectivity index (χ2n) is 2.72. The zero-order chi connectivity index (χ0) is 10.2. The first-order valence-electron chi connectivity index (χ1n) is 3.54. The molecular formula is C8H7Cl2NO2. The fraction of sp³-hybridized carbons (Fsp3) is 0.250.